The molecule has 1 aromatic rings. The molecule has 2 aliphatic rings. The number of hydrogen-bond acceptors (Lipinski definition) is 3. The van der Waals surface area contributed by atoms with Crippen LogP contribution in [0.5, 0.6) is 0 Å². The van der Waals surface area contributed by atoms with Crippen molar-refractivity contribution in [2.45, 2.75) is 50.6 Å². The van der Waals surface area contributed by atoms with Crippen LogP contribution in [0.3, 0.4) is 0 Å². The summed E-state index contributed by atoms with van der Waals surface area (Å²) in [5.41, 5.74) is 7.32. The van der Waals surface area contributed by atoms with E-state index in [2.05, 4.69) is 34.5 Å². The van der Waals surface area contributed by atoms with Crippen LogP contribution in [0.25, 0.3) is 0 Å². The SMILES string of the molecule is NC1CCCC(C(=O)NCC(c2ccccc2)N2CCCC2)C1. The molecule has 3 unspecified atom stereocenters. The number of carbonyl (C=O) groups is 1. The van der Waals surface area contributed by atoms with Gasteiger partial charge in [-0.3, -0.25) is 9.69 Å². The normalized spacial score (nSPS) is 26.8. The standard InChI is InChI=1S/C19H29N3O/c20-17-10-6-9-16(13-17)19(23)21-14-18(22-11-4-5-12-22)15-7-2-1-3-8-15/h1-3,7-8,16-18H,4-6,9-14,20H2,(H,21,23). The molecule has 2 fully saturated rings. The minimum atomic E-state index is 0.105. The highest BCUT2D eigenvalue weighted by Gasteiger charge is 2.28. The lowest BCUT2D eigenvalue weighted by molar-refractivity contribution is -0.126. The highest BCUT2D eigenvalue weighted by atomic mass is 16.1. The molecule has 0 aromatic heterocycles. The lowest BCUT2D eigenvalue weighted by atomic mass is 9.85. The van der Waals surface area contributed by atoms with Gasteiger partial charge in [0.15, 0.2) is 0 Å². The van der Waals surface area contributed by atoms with Crippen LogP contribution in [0.1, 0.15) is 50.1 Å². The number of benzene rings is 1. The molecular formula is C19H29N3O. The summed E-state index contributed by atoms with van der Waals surface area (Å²) < 4.78 is 0. The number of likely N-dealkylation sites (tertiary alicyclic amines) is 1. The van der Waals surface area contributed by atoms with Crippen LogP contribution in [0.4, 0.5) is 0 Å². The zero-order valence-corrected chi connectivity index (χ0v) is 13.9. The van der Waals surface area contributed by atoms with Gasteiger partial charge in [0.25, 0.3) is 0 Å². The summed E-state index contributed by atoms with van der Waals surface area (Å²) in [6.45, 7) is 2.96. The first-order chi connectivity index (χ1) is 11.2. The van der Waals surface area contributed by atoms with Gasteiger partial charge in [-0.1, -0.05) is 36.8 Å². The zero-order chi connectivity index (χ0) is 16.1. The number of nitrogens with two attached hydrogens (primary N) is 1. The summed E-state index contributed by atoms with van der Waals surface area (Å²) in [4.78, 5) is 15.0. The summed E-state index contributed by atoms with van der Waals surface area (Å²) in [6.07, 6.45) is 6.48. The number of carbonyl (C=O) groups excluding carboxylic acids is 1. The van der Waals surface area contributed by atoms with E-state index in [-0.39, 0.29) is 17.9 Å². The second-order valence-corrected chi connectivity index (χ2v) is 7.04. The van der Waals surface area contributed by atoms with E-state index in [1.54, 1.807) is 0 Å². The van der Waals surface area contributed by atoms with Gasteiger partial charge < -0.3 is 11.1 Å². The van der Waals surface area contributed by atoms with E-state index in [1.807, 2.05) is 6.07 Å². The molecule has 1 aliphatic carbocycles. The predicted octanol–water partition coefficient (Wildman–Crippen LogP) is 2.46. The average molecular weight is 315 g/mol. The highest BCUT2D eigenvalue weighted by molar-refractivity contribution is 5.78. The Bertz CT molecular complexity index is 499. The van der Waals surface area contributed by atoms with Gasteiger partial charge in [0.2, 0.25) is 5.91 Å². The molecule has 126 valence electrons. The molecule has 1 amide bonds. The molecule has 3 rings (SSSR count). The van der Waals surface area contributed by atoms with E-state index < -0.39 is 0 Å². The first-order valence-corrected chi connectivity index (χ1v) is 9.06. The molecule has 1 aliphatic heterocycles. The Balaban J connectivity index is 1.61. The summed E-state index contributed by atoms with van der Waals surface area (Å²) in [5, 5.41) is 3.21. The van der Waals surface area contributed by atoms with Gasteiger partial charge in [0.05, 0.1) is 6.04 Å². The van der Waals surface area contributed by atoms with E-state index in [1.165, 1.54) is 18.4 Å². The van der Waals surface area contributed by atoms with Crippen molar-refractivity contribution in [1.29, 1.82) is 0 Å². The van der Waals surface area contributed by atoms with Crippen molar-refractivity contribution >= 4 is 5.91 Å². The Morgan fingerprint density at radius 2 is 1.91 bits per heavy atom. The second kappa shape index (κ2) is 7.93. The van der Waals surface area contributed by atoms with Crippen molar-refractivity contribution in [3.05, 3.63) is 35.9 Å². The highest BCUT2D eigenvalue weighted by Crippen LogP contribution is 2.26. The van der Waals surface area contributed by atoms with Crippen molar-refractivity contribution in [3.8, 4) is 0 Å². The number of hydrogen-bond donors (Lipinski definition) is 2. The maximum Gasteiger partial charge on any atom is 0.223 e. The van der Waals surface area contributed by atoms with Gasteiger partial charge >= 0.3 is 0 Å². The molecule has 4 nitrogen and oxygen atoms in total. The third-order valence-corrected chi connectivity index (χ3v) is 5.32. The third kappa shape index (κ3) is 4.33. The van der Waals surface area contributed by atoms with Crippen LogP contribution >= 0.6 is 0 Å². The molecule has 1 heterocycles. The molecular weight excluding hydrogens is 286 g/mol. The Morgan fingerprint density at radius 1 is 1.17 bits per heavy atom. The van der Waals surface area contributed by atoms with Gasteiger partial charge in [-0.2, -0.15) is 0 Å². The first-order valence-electron chi connectivity index (χ1n) is 9.06. The van der Waals surface area contributed by atoms with E-state index in [9.17, 15) is 4.79 Å². The van der Waals surface area contributed by atoms with Gasteiger partial charge in [0.1, 0.15) is 0 Å². The van der Waals surface area contributed by atoms with Gasteiger partial charge in [-0.25, -0.2) is 0 Å². The molecule has 4 heteroatoms. The molecule has 1 aromatic carbocycles. The van der Waals surface area contributed by atoms with Crippen LogP contribution in [-0.2, 0) is 4.79 Å². The van der Waals surface area contributed by atoms with E-state index >= 15 is 0 Å². The first kappa shape index (κ1) is 16.5. The largest absolute Gasteiger partial charge is 0.354 e. The lowest BCUT2D eigenvalue weighted by Gasteiger charge is -2.30. The summed E-state index contributed by atoms with van der Waals surface area (Å²) in [7, 11) is 0. The van der Waals surface area contributed by atoms with Crippen LogP contribution in [0.15, 0.2) is 30.3 Å². The van der Waals surface area contributed by atoms with Crippen LogP contribution < -0.4 is 11.1 Å². The smallest absolute Gasteiger partial charge is 0.223 e. The molecule has 3 N–H and O–H groups in total. The van der Waals surface area contributed by atoms with Crippen molar-refractivity contribution in [2.75, 3.05) is 19.6 Å². The van der Waals surface area contributed by atoms with Gasteiger partial charge in [-0.05, 0) is 50.8 Å². The average Bonchev–Trinajstić information content (AvgIpc) is 3.10. The van der Waals surface area contributed by atoms with Crippen LogP contribution in [-0.4, -0.2) is 36.5 Å². The van der Waals surface area contributed by atoms with E-state index in [0.717, 1.165) is 38.8 Å². The fraction of sp³-hybridized carbons (Fsp3) is 0.632. The second-order valence-electron chi connectivity index (χ2n) is 7.04. The van der Waals surface area contributed by atoms with E-state index in [0.29, 0.717) is 12.6 Å². The fourth-order valence-corrected chi connectivity index (χ4v) is 3.99. The van der Waals surface area contributed by atoms with E-state index in [4.69, 9.17) is 5.73 Å². The quantitative estimate of drug-likeness (QED) is 0.877. The molecule has 23 heavy (non-hydrogen) atoms. The molecule has 3 atom stereocenters. The Labute approximate surface area is 139 Å². The van der Waals surface area contributed by atoms with Gasteiger partial charge in [-0.15, -0.1) is 0 Å². The summed E-state index contributed by atoms with van der Waals surface area (Å²) >= 11 is 0. The Kier molecular flexibility index (Phi) is 5.68. The van der Waals surface area contributed by atoms with Crippen molar-refractivity contribution in [1.82, 2.24) is 10.2 Å². The molecule has 1 saturated heterocycles. The Morgan fingerprint density at radius 3 is 2.61 bits per heavy atom. The topological polar surface area (TPSA) is 58.4 Å². The maximum absolute atomic E-state index is 12.5. The minimum Gasteiger partial charge on any atom is -0.354 e. The lowest BCUT2D eigenvalue weighted by Crippen LogP contribution is -2.41. The van der Waals surface area contributed by atoms with Crippen molar-refractivity contribution < 1.29 is 4.79 Å². The van der Waals surface area contributed by atoms with Crippen LogP contribution in [0.2, 0.25) is 0 Å². The number of rotatable bonds is 5. The Hall–Kier alpha value is -1.39. The molecule has 0 spiro atoms. The monoisotopic (exact) mass is 315 g/mol. The number of nitrogens with zero attached hydrogens (tertiary/aromatic N) is 1. The molecule has 1 saturated carbocycles. The third-order valence-electron chi connectivity index (χ3n) is 5.32. The summed E-state index contributed by atoms with van der Waals surface area (Å²) in [6, 6.07) is 11.0. The molecule has 0 radical (unpaired) electrons. The van der Waals surface area contributed by atoms with Crippen molar-refractivity contribution in [2.24, 2.45) is 11.7 Å². The minimum absolute atomic E-state index is 0.105. The number of amides is 1. The predicted molar refractivity (Wildman–Crippen MR) is 92.9 cm³/mol. The van der Waals surface area contributed by atoms with Crippen LogP contribution in [0, 0.1) is 5.92 Å². The van der Waals surface area contributed by atoms with Gasteiger partial charge in [0, 0.05) is 18.5 Å². The van der Waals surface area contributed by atoms with Crippen molar-refractivity contribution in [3.63, 3.8) is 0 Å². The number of nitrogens with one attached hydrogen (secondary N) is 1. The fourth-order valence-electron chi connectivity index (χ4n) is 3.99. The zero-order valence-electron chi connectivity index (χ0n) is 13.9. The maximum atomic E-state index is 12.5. The summed E-state index contributed by atoms with van der Waals surface area (Å²) in [5.74, 6) is 0.300. The molecule has 0 bridgehead atoms.